The molecule has 0 saturated carbocycles. The summed E-state index contributed by atoms with van der Waals surface area (Å²) in [5.74, 6) is 0. The summed E-state index contributed by atoms with van der Waals surface area (Å²) >= 11 is 0. The maximum absolute atomic E-state index is 5.77. The van der Waals surface area contributed by atoms with Crippen molar-refractivity contribution in [2.45, 2.75) is 6.54 Å². The van der Waals surface area contributed by atoms with E-state index in [0.29, 0.717) is 0 Å². The molecule has 3 aromatic carbocycles. The third-order valence-electron chi connectivity index (χ3n) is 3.46. The van der Waals surface area contributed by atoms with Crippen LogP contribution in [-0.2, 0) is 6.54 Å². The van der Waals surface area contributed by atoms with Crippen LogP contribution in [0.25, 0.3) is 0 Å². The van der Waals surface area contributed by atoms with Crippen molar-refractivity contribution >= 4 is 24.7 Å². The second kappa shape index (κ2) is 6.32. The lowest BCUT2D eigenvalue weighted by Crippen LogP contribution is -2.16. The molecule has 0 unspecified atom stereocenters. The lowest BCUT2D eigenvalue weighted by Gasteiger charge is -2.25. The van der Waals surface area contributed by atoms with Crippen LogP contribution in [0.1, 0.15) is 5.56 Å². The molecule has 0 N–H and O–H groups in total. The van der Waals surface area contributed by atoms with Crippen LogP contribution in [0.15, 0.2) is 84.9 Å². The van der Waals surface area contributed by atoms with Crippen molar-refractivity contribution in [3.05, 3.63) is 90.5 Å². The van der Waals surface area contributed by atoms with Crippen molar-refractivity contribution < 1.29 is 0 Å². The minimum Gasteiger partial charge on any atom is -0.337 e. The second-order valence-corrected chi connectivity index (χ2v) is 5.00. The Labute approximate surface area is 127 Å². The number of nitrogens with zero attached hydrogens (tertiary/aromatic N) is 1. The Balaban J connectivity index is 1.95. The molecule has 0 atom stereocenters. The third-order valence-corrected chi connectivity index (χ3v) is 3.46. The van der Waals surface area contributed by atoms with Crippen LogP contribution < -0.4 is 10.4 Å². The second-order valence-electron chi connectivity index (χ2n) is 5.00. The van der Waals surface area contributed by atoms with E-state index < -0.39 is 0 Å². The first-order valence-corrected chi connectivity index (χ1v) is 7.05. The summed E-state index contributed by atoms with van der Waals surface area (Å²) in [6.07, 6.45) is 0. The molecule has 0 aliphatic carbocycles. The molecule has 0 fully saturated rings. The lowest BCUT2D eigenvalue weighted by atomic mass is 9.95. The van der Waals surface area contributed by atoms with E-state index in [2.05, 4.69) is 65.6 Å². The number of anilines is 2. The van der Waals surface area contributed by atoms with Crippen LogP contribution >= 0.6 is 0 Å². The Morgan fingerprint density at radius 1 is 0.619 bits per heavy atom. The number of hydrogen-bond acceptors (Lipinski definition) is 1. The minimum absolute atomic E-state index is 0.796. The Hall–Kier alpha value is -2.48. The fourth-order valence-corrected chi connectivity index (χ4v) is 2.35. The van der Waals surface area contributed by atoms with Crippen LogP contribution in [0.4, 0.5) is 11.4 Å². The average Bonchev–Trinajstić information content (AvgIpc) is 2.56. The largest absolute Gasteiger partial charge is 0.337 e. The molecule has 1 nitrogen and oxygen atoms in total. The van der Waals surface area contributed by atoms with Crippen LogP contribution in [0.2, 0.25) is 0 Å². The molecule has 0 heterocycles. The van der Waals surface area contributed by atoms with Gasteiger partial charge in [0.1, 0.15) is 7.85 Å². The predicted octanol–water partition coefficient (Wildman–Crippen LogP) is 3.82. The van der Waals surface area contributed by atoms with Gasteiger partial charge in [-0.15, -0.1) is 0 Å². The summed E-state index contributed by atoms with van der Waals surface area (Å²) in [6, 6.07) is 28.9. The van der Waals surface area contributed by atoms with Gasteiger partial charge in [0, 0.05) is 17.9 Å². The van der Waals surface area contributed by atoms with E-state index in [9.17, 15) is 0 Å². The summed E-state index contributed by atoms with van der Waals surface area (Å²) in [6.45, 7) is 0.814. The first kappa shape index (κ1) is 13.5. The summed E-state index contributed by atoms with van der Waals surface area (Å²) in [5.41, 5.74) is 4.39. The maximum Gasteiger partial charge on any atom is 0.113 e. The Kier molecular flexibility index (Phi) is 4.06. The number of para-hydroxylation sites is 2. The van der Waals surface area contributed by atoms with Gasteiger partial charge in [-0.2, -0.15) is 0 Å². The van der Waals surface area contributed by atoms with Crippen LogP contribution in [0.3, 0.4) is 0 Å². The standard InChI is InChI=1S/C19H16BN/c20-17-13-11-16(12-14-17)15-21(18-7-3-1-4-8-18)19-9-5-2-6-10-19/h1-14H,15H2. The highest BCUT2D eigenvalue weighted by molar-refractivity contribution is 6.32. The van der Waals surface area contributed by atoms with Crippen molar-refractivity contribution in [2.75, 3.05) is 4.90 Å². The highest BCUT2D eigenvalue weighted by atomic mass is 15.1. The summed E-state index contributed by atoms with van der Waals surface area (Å²) in [4.78, 5) is 2.30. The average molecular weight is 269 g/mol. The number of hydrogen-bond donors (Lipinski definition) is 0. The normalized spacial score (nSPS) is 10.3. The molecule has 21 heavy (non-hydrogen) atoms. The zero-order valence-corrected chi connectivity index (χ0v) is 11.8. The Morgan fingerprint density at radius 2 is 1.10 bits per heavy atom. The molecule has 2 radical (unpaired) electrons. The summed E-state index contributed by atoms with van der Waals surface area (Å²) in [7, 11) is 5.77. The molecular weight excluding hydrogens is 253 g/mol. The lowest BCUT2D eigenvalue weighted by molar-refractivity contribution is 0.976. The third kappa shape index (κ3) is 3.35. The van der Waals surface area contributed by atoms with E-state index in [0.717, 1.165) is 12.0 Å². The van der Waals surface area contributed by atoms with Gasteiger partial charge in [0.25, 0.3) is 0 Å². The van der Waals surface area contributed by atoms with Gasteiger partial charge in [-0.1, -0.05) is 66.1 Å². The minimum atomic E-state index is 0.796. The smallest absolute Gasteiger partial charge is 0.113 e. The fraction of sp³-hybridized carbons (Fsp3) is 0.0526. The first-order valence-electron chi connectivity index (χ1n) is 7.05. The maximum atomic E-state index is 5.77. The predicted molar refractivity (Wildman–Crippen MR) is 90.6 cm³/mol. The Morgan fingerprint density at radius 3 is 1.57 bits per heavy atom. The molecule has 3 aromatic rings. The van der Waals surface area contributed by atoms with Gasteiger partial charge >= 0.3 is 0 Å². The number of benzene rings is 3. The van der Waals surface area contributed by atoms with Crippen molar-refractivity contribution in [3.63, 3.8) is 0 Å². The molecule has 0 aliphatic heterocycles. The van der Waals surface area contributed by atoms with Gasteiger partial charge in [0.05, 0.1) is 0 Å². The van der Waals surface area contributed by atoms with Gasteiger partial charge in [0.15, 0.2) is 0 Å². The molecule has 100 valence electrons. The van der Waals surface area contributed by atoms with E-state index >= 15 is 0 Å². The molecular formula is C19H16BN. The number of rotatable bonds is 4. The van der Waals surface area contributed by atoms with E-state index in [1.54, 1.807) is 0 Å². The quantitative estimate of drug-likeness (QED) is 0.651. The molecule has 0 aliphatic rings. The van der Waals surface area contributed by atoms with Crippen LogP contribution in [0, 0.1) is 0 Å². The van der Waals surface area contributed by atoms with Crippen molar-refractivity contribution in [3.8, 4) is 0 Å². The molecule has 2 heteroatoms. The van der Waals surface area contributed by atoms with Gasteiger partial charge in [-0.3, -0.25) is 0 Å². The van der Waals surface area contributed by atoms with Crippen LogP contribution in [0.5, 0.6) is 0 Å². The van der Waals surface area contributed by atoms with Crippen molar-refractivity contribution in [1.82, 2.24) is 0 Å². The van der Waals surface area contributed by atoms with Gasteiger partial charge in [-0.25, -0.2) is 0 Å². The van der Waals surface area contributed by atoms with Crippen LogP contribution in [-0.4, -0.2) is 7.85 Å². The zero-order chi connectivity index (χ0) is 14.5. The molecule has 0 spiro atoms. The van der Waals surface area contributed by atoms with Crippen molar-refractivity contribution in [2.24, 2.45) is 0 Å². The highest BCUT2D eigenvalue weighted by Crippen LogP contribution is 2.26. The first-order chi connectivity index (χ1) is 10.3. The fourth-order valence-electron chi connectivity index (χ4n) is 2.35. The summed E-state index contributed by atoms with van der Waals surface area (Å²) < 4.78 is 0. The van der Waals surface area contributed by atoms with Crippen molar-refractivity contribution in [1.29, 1.82) is 0 Å². The van der Waals surface area contributed by atoms with Gasteiger partial charge in [-0.05, 0) is 29.8 Å². The van der Waals surface area contributed by atoms with E-state index in [-0.39, 0.29) is 0 Å². The SMILES string of the molecule is [B]c1ccc(CN(c2ccccc2)c2ccccc2)cc1. The Bertz CT molecular complexity index is 638. The molecule has 0 amide bonds. The topological polar surface area (TPSA) is 3.24 Å². The molecule has 0 aromatic heterocycles. The zero-order valence-electron chi connectivity index (χ0n) is 11.8. The summed E-state index contributed by atoms with van der Waals surface area (Å²) in [5, 5.41) is 0. The van der Waals surface area contributed by atoms with E-state index in [4.69, 9.17) is 7.85 Å². The van der Waals surface area contributed by atoms with E-state index in [1.165, 1.54) is 16.9 Å². The molecule has 0 bridgehead atoms. The van der Waals surface area contributed by atoms with Gasteiger partial charge in [0.2, 0.25) is 0 Å². The van der Waals surface area contributed by atoms with E-state index in [1.807, 2.05) is 24.3 Å². The monoisotopic (exact) mass is 269 g/mol. The van der Waals surface area contributed by atoms with Gasteiger partial charge < -0.3 is 4.90 Å². The molecule has 3 rings (SSSR count). The highest BCUT2D eigenvalue weighted by Gasteiger charge is 2.09. The molecule has 0 saturated heterocycles.